The Morgan fingerprint density at radius 3 is 2.55 bits per heavy atom. The van der Waals surface area contributed by atoms with Gasteiger partial charge in [0.2, 0.25) is 0 Å². The van der Waals surface area contributed by atoms with E-state index in [-0.39, 0.29) is 0 Å². The topological polar surface area (TPSA) is 90.5 Å². The smallest absolute Gasteiger partial charge is 0.278 e. The summed E-state index contributed by atoms with van der Waals surface area (Å²) >= 11 is 0. The minimum Gasteiger partial charge on any atom is -0.369 e. The van der Waals surface area contributed by atoms with E-state index in [1.54, 1.807) is 0 Å². The van der Waals surface area contributed by atoms with Gasteiger partial charge in [-0.2, -0.15) is 12.7 Å². The van der Waals surface area contributed by atoms with E-state index in [0.29, 0.717) is 18.9 Å². The first-order valence-corrected chi connectivity index (χ1v) is 8.84. The third kappa shape index (κ3) is 4.52. The molecule has 8 nitrogen and oxygen atoms in total. The van der Waals surface area contributed by atoms with Gasteiger partial charge in [0.1, 0.15) is 17.5 Å². The van der Waals surface area contributed by atoms with Gasteiger partial charge in [-0.25, -0.2) is 14.7 Å². The maximum Gasteiger partial charge on any atom is 0.278 e. The normalized spacial score (nSPS) is 15.5. The molecule has 0 aromatic carbocycles. The highest BCUT2D eigenvalue weighted by atomic mass is 32.2. The molecule has 1 aliphatic rings. The summed E-state index contributed by atoms with van der Waals surface area (Å²) in [6.07, 6.45) is 2.39. The molecular formula is C13H24N6O2S. The first-order valence-electron chi connectivity index (χ1n) is 7.40. The molecular weight excluding hydrogens is 304 g/mol. The van der Waals surface area contributed by atoms with Crippen molar-refractivity contribution in [3.05, 3.63) is 11.9 Å². The van der Waals surface area contributed by atoms with Crippen molar-refractivity contribution in [1.82, 2.24) is 19.0 Å². The average Bonchev–Trinajstić information content (AvgIpc) is 2.97. The standard InChI is InChI=1S/C13H24N6O2S/c1-11-16-12(10-13(17-11)19-8-4-5-9-19)14-6-7-15-22(20,21)18(2)3/h10,15H,4-9H2,1-3H3,(H,14,16,17). The molecule has 1 fully saturated rings. The van der Waals surface area contributed by atoms with Crippen LogP contribution < -0.4 is 14.9 Å². The second kappa shape index (κ2) is 7.21. The van der Waals surface area contributed by atoms with Gasteiger partial charge in [-0.05, 0) is 19.8 Å². The van der Waals surface area contributed by atoms with Crippen LogP contribution in [0, 0.1) is 6.92 Å². The van der Waals surface area contributed by atoms with Gasteiger partial charge in [-0.3, -0.25) is 0 Å². The van der Waals surface area contributed by atoms with Crippen LogP contribution in [0.2, 0.25) is 0 Å². The van der Waals surface area contributed by atoms with Crippen LogP contribution in [-0.2, 0) is 10.2 Å². The minimum absolute atomic E-state index is 0.294. The van der Waals surface area contributed by atoms with Crippen molar-refractivity contribution in [3.63, 3.8) is 0 Å². The lowest BCUT2D eigenvalue weighted by Gasteiger charge is -2.18. The predicted octanol–water partition coefficient (Wildman–Crippen LogP) is 0.193. The van der Waals surface area contributed by atoms with Crippen molar-refractivity contribution in [1.29, 1.82) is 0 Å². The second-order valence-corrected chi connectivity index (χ2v) is 7.43. The van der Waals surface area contributed by atoms with Gasteiger partial charge >= 0.3 is 0 Å². The molecule has 22 heavy (non-hydrogen) atoms. The fourth-order valence-electron chi connectivity index (χ4n) is 2.25. The molecule has 124 valence electrons. The van der Waals surface area contributed by atoms with Gasteiger partial charge in [-0.15, -0.1) is 0 Å². The van der Waals surface area contributed by atoms with Gasteiger partial charge < -0.3 is 10.2 Å². The highest BCUT2D eigenvalue weighted by Crippen LogP contribution is 2.20. The summed E-state index contributed by atoms with van der Waals surface area (Å²) in [7, 11) is -0.396. The molecule has 0 amide bonds. The van der Waals surface area contributed by atoms with Crippen molar-refractivity contribution < 1.29 is 8.42 Å². The Labute approximate surface area is 132 Å². The number of anilines is 2. The second-order valence-electron chi connectivity index (χ2n) is 5.46. The van der Waals surface area contributed by atoms with Gasteiger partial charge in [0.05, 0.1) is 0 Å². The van der Waals surface area contributed by atoms with E-state index in [1.807, 2.05) is 13.0 Å². The lowest BCUT2D eigenvalue weighted by molar-refractivity contribution is 0.507. The molecule has 0 aliphatic carbocycles. The highest BCUT2D eigenvalue weighted by Gasteiger charge is 2.15. The van der Waals surface area contributed by atoms with E-state index < -0.39 is 10.2 Å². The molecule has 2 rings (SSSR count). The molecule has 0 radical (unpaired) electrons. The van der Waals surface area contributed by atoms with Crippen LogP contribution in [0.4, 0.5) is 11.6 Å². The summed E-state index contributed by atoms with van der Waals surface area (Å²) in [5.41, 5.74) is 0. The first-order chi connectivity index (χ1) is 10.4. The zero-order chi connectivity index (χ0) is 16.2. The van der Waals surface area contributed by atoms with Crippen molar-refractivity contribution in [2.24, 2.45) is 0 Å². The number of nitrogens with one attached hydrogen (secondary N) is 2. The van der Waals surface area contributed by atoms with Crippen LogP contribution in [-0.4, -0.2) is 63.0 Å². The zero-order valence-electron chi connectivity index (χ0n) is 13.3. The lowest BCUT2D eigenvalue weighted by atomic mass is 10.4. The summed E-state index contributed by atoms with van der Waals surface area (Å²) in [5.74, 6) is 2.36. The fourth-order valence-corrected chi connectivity index (χ4v) is 2.87. The Morgan fingerprint density at radius 2 is 1.91 bits per heavy atom. The Hall–Kier alpha value is -1.45. The Bertz CT molecular complexity index is 599. The van der Waals surface area contributed by atoms with E-state index >= 15 is 0 Å². The Kier molecular flexibility index (Phi) is 5.54. The van der Waals surface area contributed by atoms with Crippen LogP contribution >= 0.6 is 0 Å². The predicted molar refractivity (Wildman–Crippen MR) is 87.3 cm³/mol. The molecule has 0 spiro atoms. The molecule has 0 atom stereocenters. The van der Waals surface area contributed by atoms with Crippen LogP contribution in [0.15, 0.2) is 6.07 Å². The van der Waals surface area contributed by atoms with E-state index in [1.165, 1.54) is 26.9 Å². The summed E-state index contributed by atoms with van der Waals surface area (Å²) in [5, 5.41) is 3.14. The zero-order valence-corrected chi connectivity index (χ0v) is 14.2. The maximum absolute atomic E-state index is 11.6. The van der Waals surface area contributed by atoms with Gasteiger partial charge in [0.25, 0.3) is 10.2 Å². The lowest BCUT2D eigenvalue weighted by Crippen LogP contribution is -2.38. The monoisotopic (exact) mass is 328 g/mol. The first kappa shape index (κ1) is 16.9. The largest absolute Gasteiger partial charge is 0.369 e. The molecule has 2 heterocycles. The van der Waals surface area contributed by atoms with E-state index in [0.717, 1.165) is 29.0 Å². The summed E-state index contributed by atoms with van der Waals surface area (Å²) in [6, 6.07) is 1.92. The minimum atomic E-state index is -3.38. The molecule has 9 heteroatoms. The van der Waals surface area contributed by atoms with Crippen molar-refractivity contribution in [3.8, 4) is 0 Å². The third-order valence-electron chi connectivity index (χ3n) is 3.45. The van der Waals surface area contributed by atoms with Crippen LogP contribution in [0.25, 0.3) is 0 Å². The van der Waals surface area contributed by atoms with Crippen LogP contribution in [0.3, 0.4) is 0 Å². The molecule has 0 saturated carbocycles. The highest BCUT2D eigenvalue weighted by molar-refractivity contribution is 7.87. The Morgan fingerprint density at radius 1 is 1.23 bits per heavy atom. The number of hydrogen-bond acceptors (Lipinski definition) is 6. The molecule has 0 unspecified atom stereocenters. The molecule has 1 saturated heterocycles. The van der Waals surface area contributed by atoms with Crippen molar-refractivity contribution in [2.75, 3.05) is 50.5 Å². The number of aryl methyl sites for hydroxylation is 1. The number of hydrogen-bond donors (Lipinski definition) is 2. The summed E-state index contributed by atoms with van der Waals surface area (Å²) in [6.45, 7) is 4.67. The molecule has 2 N–H and O–H groups in total. The summed E-state index contributed by atoms with van der Waals surface area (Å²) in [4.78, 5) is 11.0. The van der Waals surface area contributed by atoms with E-state index in [4.69, 9.17) is 0 Å². The third-order valence-corrected chi connectivity index (χ3v) is 4.98. The molecule has 1 aromatic rings. The van der Waals surface area contributed by atoms with Gasteiger partial charge in [0, 0.05) is 46.3 Å². The molecule has 1 aliphatic heterocycles. The van der Waals surface area contributed by atoms with Crippen molar-refractivity contribution >= 4 is 21.8 Å². The fraction of sp³-hybridized carbons (Fsp3) is 0.692. The maximum atomic E-state index is 11.6. The number of nitrogens with zero attached hydrogens (tertiary/aromatic N) is 4. The van der Waals surface area contributed by atoms with Crippen LogP contribution in [0.1, 0.15) is 18.7 Å². The Balaban J connectivity index is 1.90. The van der Waals surface area contributed by atoms with E-state index in [2.05, 4.69) is 24.9 Å². The number of rotatable bonds is 7. The van der Waals surface area contributed by atoms with Crippen LogP contribution in [0.5, 0.6) is 0 Å². The summed E-state index contributed by atoms with van der Waals surface area (Å²) < 4.78 is 26.8. The number of aromatic nitrogens is 2. The average molecular weight is 328 g/mol. The molecule has 0 bridgehead atoms. The quantitative estimate of drug-likeness (QED) is 0.695. The molecule has 1 aromatic heterocycles. The van der Waals surface area contributed by atoms with E-state index in [9.17, 15) is 8.42 Å². The van der Waals surface area contributed by atoms with Crippen molar-refractivity contribution in [2.45, 2.75) is 19.8 Å². The SMILES string of the molecule is Cc1nc(NCCNS(=O)(=O)N(C)C)cc(N2CCCC2)n1. The van der Waals surface area contributed by atoms with Gasteiger partial charge in [0.15, 0.2) is 0 Å². The van der Waals surface area contributed by atoms with Gasteiger partial charge in [-0.1, -0.05) is 0 Å².